The second kappa shape index (κ2) is 10.3. The molecule has 3 aromatic carbocycles. The summed E-state index contributed by atoms with van der Waals surface area (Å²) in [6, 6.07) is 24.9. The predicted molar refractivity (Wildman–Crippen MR) is 117 cm³/mol. The van der Waals surface area contributed by atoms with Crippen molar-refractivity contribution in [2.45, 2.75) is 26.5 Å². The van der Waals surface area contributed by atoms with Crippen molar-refractivity contribution in [3.8, 4) is 5.75 Å². The topological polar surface area (TPSA) is 72.6 Å². The molecule has 3 aromatic rings. The Kier molecular flexibility index (Phi) is 7.22. The van der Waals surface area contributed by atoms with E-state index in [-0.39, 0.29) is 18.9 Å². The number of aryl methyl sites for hydroxylation is 1. The molecule has 30 heavy (non-hydrogen) atoms. The third kappa shape index (κ3) is 6.21. The summed E-state index contributed by atoms with van der Waals surface area (Å²) in [6.07, 6.45) is 0.113. The van der Waals surface area contributed by atoms with Crippen LogP contribution in [0.4, 0.5) is 0 Å². The summed E-state index contributed by atoms with van der Waals surface area (Å²) in [6.45, 7) is 3.13. The maximum atomic E-state index is 13.2. The molecule has 154 valence electrons. The number of carbonyl (C=O) groups is 2. The number of primary amides is 1. The first kappa shape index (κ1) is 21.1. The number of hydrogen-bond acceptors (Lipinski definition) is 3. The van der Waals surface area contributed by atoms with Gasteiger partial charge in [0.1, 0.15) is 12.4 Å². The zero-order valence-corrected chi connectivity index (χ0v) is 17.1. The molecule has 0 aliphatic carbocycles. The van der Waals surface area contributed by atoms with Crippen molar-refractivity contribution in [2.24, 2.45) is 5.73 Å². The monoisotopic (exact) mass is 402 g/mol. The van der Waals surface area contributed by atoms with Gasteiger partial charge in [0, 0.05) is 25.1 Å². The van der Waals surface area contributed by atoms with Crippen LogP contribution in [0.1, 0.15) is 33.5 Å². The standard InChI is InChI=1S/C25H26N2O3/c1-19-7-5-10-21(15-19)18-30-23-12-6-11-22(16-23)25(29)27(14-13-24(26)28)17-20-8-3-2-4-9-20/h2-12,15-16H,13-14,17-18H2,1H3,(H2,26,28). The molecule has 0 radical (unpaired) electrons. The van der Waals surface area contributed by atoms with E-state index in [9.17, 15) is 9.59 Å². The molecule has 0 aliphatic heterocycles. The van der Waals surface area contributed by atoms with Crippen LogP contribution >= 0.6 is 0 Å². The predicted octanol–water partition coefficient (Wildman–Crippen LogP) is 4.09. The van der Waals surface area contributed by atoms with Crippen LogP contribution < -0.4 is 10.5 Å². The van der Waals surface area contributed by atoms with E-state index in [1.54, 1.807) is 23.1 Å². The van der Waals surface area contributed by atoms with Gasteiger partial charge in [-0.15, -0.1) is 0 Å². The van der Waals surface area contributed by atoms with E-state index >= 15 is 0 Å². The van der Waals surface area contributed by atoms with Crippen molar-refractivity contribution in [3.63, 3.8) is 0 Å². The summed E-state index contributed by atoms with van der Waals surface area (Å²) in [5.74, 6) is 0.0223. The molecular formula is C25H26N2O3. The van der Waals surface area contributed by atoms with Crippen molar-refractivity contribution in [1.82, 2.24) is 4.90 Å². The molecule has 5 heteroatoms. The molecule has 2 N–H and O–H groups in total. The minimum atomic E-state index is -0.434. The van der Waals surface area contributed by atoms with Crippen LogP contribution in [0, 0.1) is 6.92 Å². The zero-order valence-electron chi connectivity index (χ0n) is 17.1. The molecular weight excluding hydrogens is 376 g/mol. The van der Waals surface area contributed by atoms with Crippen LogP contribution in [0.2, 0.25) is 0 Å². The Bertz CT molecular complexity index is 1000. The lowest BCUT2D eigenvalue weighted by molar-refractivity contribution is -0.118. The fraction of sp³-hybridized carbons (Fsp3) is 0.200. The SMILES string of the molecule is Cc1cccc(COc2cccc(C(=O)N(CCC(N)=O)Cc3ccccc3)c2)c1. The molecule has 5 nitrogen and oxygen atoms in total. The molecule has 0 spiro atoms. The van der Waals surface area contributed by atoms with Gasteiger partial charge >= 0.3 is 0 Å². The van der Waals surface area contributed by atoms with E-state index in [2.05, 4.69) is 6.07 Å². The van der Waals surface area contributed by atoms with Gasteiger partial charge in [-0.05, 0) is 36.2 Å². The molecule has 0 saturated heterocycles. The highest BCUT2D eigenvalue weighted by atomic mass is 16.5. The lowest BCUT2D eigenvalue weighted by Crippen LogP contribution is -2.33. The average Bonchev–Trinajstić information content (AvgIpc) is 2.75. The van der Waals surface area contributed by atoms with Crippen molar-refractivity contribution in [3.05, 3.63) is 101 Å². The zero-order chi connectivity index (χ0) is 21.3. The van der Waals surface area contributed by atoms with E-state index in [1.807, 2.05) is 61.5 Å². The normalized spacial score (nSPS) is 10.4. The molecule has 0 saturated carbocycles. The van der Waals surface area contributed by atoms with Gasteiger partial charge in [-0.2, -0.15) is 0 Å². The van der Waals surface area contributed by atoms with Gasteiger partial charge in [-0.1, -0.05) is 66.2 Å². The summed E-state index contributed by atoms with van der Waals surface area (Å²) in [5.41, 5.74) is 9.05. The van der Waals surface area contributed by atoms with Crippen LogP contribution in [-0.2, 0) is 17.9 Å². The van der Waals surface area contributed by atoms with Crippen LogP contribution in [0.3, 0.4) is 0 Å². The van der Waals surface area contributed by atoms with Gasteiger partial charge in [0.25, 0.3) is 5.91 Å². The first-order chi connectivity index (χ1) is 14.5. The molecule has 3 rings (SSSR count). The minimum absolute atomic E-state index is 0.113. The highest BCUT2D eigenvalue weighted by Gasteiger charge is 2.17. The lowest BCUT2D eigenvalue weighted by atomic mass is 10.1. The highest BCUT2D eigenvalue weighted by Crippen LogP contribution is 2.18. The lowest BCUT2D eigenvalue weighted by Gasteiger charge is -2.23. The van der Waals surface area contributed by atoms with E-state index in [0.29, 0.717) is 24.5 Å². The summed E-state index contributed by atoms with van der Waals surface area (Å²) < 4.78 is 5.89. The summed E-state index contributed by atoms with van der Waals surface area (Å²) in [4.78, 5) is 26.1. The first-order valence-electron chi connectivity index (χ1n) is 9.91. The summed E-state index contributed by atoms with van der Waals surface area (Å²) in [5, 5.41) is 0. The third-order valence-corrected chi connectivity index (χ3v) is 4.70. The molecule has 0 atom stereocenters. The number of nitrogens with zero attached hydrogens (tertiary/aromatic N) is 1. The molecule has 0 aliphatic rings. The van der Waals surface area contributed by atoms with Crippen molar-refractivity contribution in [1.29, 1.82) is 0 Å². The largest absolute Gasteiger partial charge is 0.489 e. The molecule has 0 unspecified atom stereocenters. The van der Waals surface area contributed by atoms with Crippen molar-refractivity contribution >= 4 is 11.8 Å². The molecule has 0 heterocycles. The number of amides is 2. The van der Waals surface area contributed by atoms with Gasteiger partial charge in [0.2, 0.25) is 5.91 Å². The quantitative estimate of drug-likeness (QED) is 0.586. The minimum Gasteiger partial charge on any atom is -0.489 e. The second-order valence-corrected chi connectivity index (χ2v) is 7.23. The van der Waals surface area contributed by atoms with Crippen LogP contribution in [0.25, 0.3) is 0 Å². The number of benzene rings is 3. The molecule has 2 amide bonds. The fourth-order valence-corrected chi connectivity index (χ4v) is 3.17. The van der Waals surface area contributed by atoms with Crippen LogP contribution in [0.5, 0.6) is 5.75 Å². The van der Waals surface area contributed by atoms with E-state index in [1.165, 1.54) is 5.56 Å². The van der Waals surface area contributed by atoms with E-state index < -0.39 is 5.91 Å². The fourth-order valence-electron chi connectivity index (χ4n) is 3.17. The molecule has 0 fully saturated rings. The number of hydrogen-bond donors (Lipinski definition) is 1. The highest BCUT2D eigenvalue weighted by molar-refractivity contribution is 5.94. The Balaban J connectivity index is 1.73. The number of ether oxygens (including phenoxy) is 1. The Morgan fingerprint density at radius 2 is 1.63 bits per heavy atom. The number of carbonyl (C=O) groups excluding carboxylic acids is 2. The molecule has 0 aromatic heterocycles. The maximum Gasteiger partial charge on any atom is 0.254 e. The molecule has 0 bridgehead atoms. The Hall–Kier alpha value is -3.60. The third-order valence-electron chi connectivity index (χ3n) is 4.70. The smallest absolute Gasteiger partial charge is 0.254 e. The van der Waals surface area contributed by atoms with Crippen molar-refractivity contribution < 1.29 is 14.3 Å². The Morgan fingerprint density at radius 3 is 2.37 bits per heavy atom. The number of rotatable bonds is 9. The first-order valence-corrected chi connectivity index (χ1v) is 9.91. The Labute approximate surface area is 177 Å². The van der Waals surface area contributed by atoms with Crippen molar-refractivity contribution in [2.75, 3.05) is 6.54 Å². The van der Waals surface area contributed by atoms with Gasteiger partial charge < -0.3 is 15.4 Å². The van der Waals surface area contributed by atoms with Gasteiger partial charge in [0.05, 0.1) is 0 Å². The Morgan fingerprint density at radius 1 is 0.900 bits per heavy atom. The van der Waals surface area contributed by atoms with Gasteiger partial charge in [0.15, 0.2) is 0 Å². The summed E-state index contributed by atoms with van der Waals surface area (Å²) in [7, 11) is 0. The van der Waals surface area contributed by atoms with E-state index in [4.69, 9.17) is 10.5 Å². The van der Waals surface area contributed by atoms with Gasteiger partial charge in [-0.3, -0.25) is 9.59 Å². The van der Waals surface area contributed by atoms with Crippen LogP contribution in [-0.4, -0.2) is 23.3 Å². The summed E-state index contributed by atoms with van der Waals surface area (Å²) >= 11 is 0. The van der Waals surface area contributed by atoms with Gasteiger partial charge in [-0.25, -0.2) is 0 Å². The second-order valence-electron chi connectivity index (χ2n) is 7.23. The number of nitrogens with two attached hydrogens (primary N) is 1. The maximum absolute atomic E-state index is 13.2. The van der Waals surface area contributed by atoms with Crippen LogP contribution in [0.15, 0.2) is 78.9 Å². The average molecular weight is 402 g/mol. The van der Waals surface area contributed by atoms with E-state index in [0.717, 1.165) is 11.1 Å².